The van der Waals surface area contributed by atoms with E-state index in [0.717, 1.165) is 0 Å². The predicted octanol–water partition coefficient (Wildman–Crippen LogP) is 1.85. The number of nitrogens with two attached hydrogens (primary N) is 1. The van der Waals surface area contributed by atoms with Crippen LogP contribution in [-0.4, -0.2) is 4.98 Å². The van der Waals surface area contributed by atoms with Crippen molar-refractivity contribution in [1.82, 2.24) is 4.98 Å². The van der Waals surface area contributed by atoms with Crippen LogP contribution in [0.4, 0.5) is 8.78 Å². The molecule has 2 N–H and O–H groups in total. The molecule has 0 saturated carbocycles. The molecule has 0 aliphatic carbocycles. The first-order valence-electron chi connectivity index (χ1n) is 4.44. The smallest absolute Gasteiger partial charge is 0.265 e. The third-order valence-electron chi connectivity index (χ3n) is 2.04. The molecule has 80 valence electrons. The van der Waals surface area contributed by atoms with Crippen LogP contribution in [0.25, 0.3) is 0 Å². The number of aromatic nitrogens is 1. The molecule has 0 bridgehead atoms. The summed E-state index contributed by atoms with van der Waals surface area (Å²) in [5.41, 5.74) is 6.29. The van der Waals surface area contributed by atoms with Crippen molar-refractivity contribution < 1.29 is 8.78 Å². The Labute approximate surface area is 86.5 Å². The topological polar surface area (TPSA) is 62.7 Å². The molecule has 0 atom stereocenters. The van der Waals surface area contributed by atoms with E-state index in [-0.39, 0.29) is 24.2 Å². The van der Waals surface area contributed by atoms with E-state index in [9.17, 15) is 8.78 Å². The molecule has 5 heteroatoms. The lowest BCUT2D eigenvalue weighted by Gasteiger charge is -2.11. The molecule has 0 aliphatic rings. The molecule has 0 radical (unpaired) electrons. The van der Waals surface area contributed by atoms with Crippen molar-refractivity contribution in [2.45, 2.75) is 26.3 Å². The minimum atomic E-state index is -2.64. The second-order valence-corrected chi connectivity index (χ2v) is 3.12. The molecule has 1 aromatic rings. The number of hydrogen-bond donors (Lipinski definition) is 1. The third kappa shape index (κ3) is 2.48. The highest BCUT2D eigenvalue weighted by Crippen LogP contribution is 2.26. The first-order chi connectivity index (χ1) is 7.10. The van der Waals surface area contributed by atoms with Crippen LogP contribution in [0, 0.1) is 18.3 Å². The number of halogens is 2. The van der Waals surface area contributed by atoms with E-state index in [0.29, 0.717) is 11.3 Å². The van der Waals surface area contributed by atoms with Crippen LogP contribution in [-0.2, 0) is 13.0 Å². The van der Waals surface area contributed by atoms with Gasteiger partial charge in [-0.3, -0.25) is 4.98 Å². The Balaban J connectivity index is 3.34. The summed E-state index contributed by atoms with van der Waals surface area (Å²) in [7, 11) is 0. The van der Waals surface area contributed by atoms with Gasteiger partial charge in [-0.25, -0.2) is 8.78 Å². The van der Waals surface area contributed by atoms with Gasteiger partial charge in [-0.05, 0) is 18.6 Å². The molecule has 1 heterocycles. The summed E-state index contributed by atoms with van der Waals surface area (Å²) < 4.78 is 25.5. The van der Waals surface area contributed by atoms with Gasteiger partial charge in [0, 0.05) is 17.8 Å². The van der Waals surface area contributed by atoms with E-state index >= 15 is 0 Å². The molecule has 1 aromatic heterocycles. The average molecular weight is 211 g/mol. The SMILES string of the molecule is Cc1cc(CN)c(C(F)F)c(CC#N)n1. The monoisotopic (exact) mass is 211 g/mol. The number of nitrogens with zero attached hydrogens (tertiary/aromatic N) is 2. The summed E-state index contributed by atoms with van der Waals surface area (Å²) in [6.45, 7) is 1.72. The number of hydrogen-bond acceptors (Lipinski definition) is 3. The normalized spacial score (nSPS) is 10.4. The van der Waals surface area contributed by atoms with Crippen LogP contribution in [0.1, 0.15) is 28.9 Å². The second-order valence-electron chi connectivity index (χ2n) is 3.12. The minimum Gasteiger partial charge on any atom is -0.326 e. The molecule has 3 nitrogen and oxygen atoms in total. The highest BCUT2D eigenvalue weighted by Gasteiger charge is 2.18. The zero-order valence-electron chi connectivity index (χ0n) is 8.30. The highest BCUT2D eigenvalue weighted by molar-refractivity contribution is 5.35. The van der Waals surface area contributed by atoms with Gasteiger partial charge >= 0.3 is 0 Å². The van der Waals surface area contributed by atoms with E-state index in [1.165, 1.54) is 6.07 Å². The minimum absolute atomic E-state index is 0.0292. The van der Waals surface area contributed by atoms with Gasteiger partial charge in [0.15, 0.2) is 0 Å². The number of alkyl halides is 2. The summed E-state index contributed by atoms with van der Waals surface area (Å²) in [5.74, 6) is 0. The van der Waals surface area contributed by atoms with Gasteiger partial charge in [0.05, 0.1) is 18.2 Å². The van der Waals surface area contributed by atoms with Crippen molar-refractivity contribution in [3.05, 3.63) is 28.6 Å². The molecule has 0 amide bonds. The standard InChI is InChI=1S/C10H11F2N3/c1-6-4-7(5-14)9(10(11)12)8(15-6)2-3-13/h4,10H,2,5,14H2,1H3. The molecule has 0 unspecified atom stereocenters. The molecule has 0 fully saturated rings. The summed E-state index contributed by atoms with van der Waals surface area (Å²) in [5, 5.41) is 8.51. The first kappa shape index (κ1) is 11.5. The van der Waals surface area contributed by atoms with E-state index in [2.05, 4.69) is 4.98 Å². The summed E-state index contributed by atoms with van der Waals surface area (Å²) in [6, 6.07) is 3.35. The van der Waals surface area contributed by atoms with E-state index in [1.54, 1.807) is 6.92 Å². The van der Waals surface area contributed by atoms with Crippen molar-refractivity contribution in [1.29, 1.82) is 5.26 Å². The number of rotatable bonds is 3. The number of nitriles is 1. The Kier molecular flexibility index (Phi) is 3.69. The van der Waals surface area contributed by atoms with Crippen molar-refractivity contribution in [2.75, 3.05) is 0 Å². The molecule has 0 spiro atoms. The van der Waals surface area contributed by atoms with Crippen LogP contribution in [0.15, 0.2) is 6.07 Å². The molecular weight excluding hydrogens is 200 g/mol. The van der Waals surface area contributed by atoms with Gasteiger partial charge < -0.3 is 5.73 Å². The maximum absolute atomic E-state index is 12.7. The maximum Gasteiger partial charge on any atom is 0.265 e. The van der Waals surface area contributed by atoms with Crippen LogP contribution >= 0.6 is 0 Å². The van der Waals surface area contributed by atoms with Crippen molar-refractivity contribution in [2.24, 2.45) is 5.73 Å². The highest BCUT2D eigenvalue weighted by atomic mass is 19.3. The summed E-state index contributed by atoms with van der Waals surface area (Å²) >= 11 is 0. The molecular formula is C10H11F2N3. The van der Waals surface area contributed by atoms with Crippen molar-refractivity contribution >= 4 is 0 Å². The fourth-order valence-electron chi connectivity index (χ4n) is 1.47. The molecule has 15 heavy (non-hydrogen) atoms. The van der Waals surface area contributed by atoms with Gasteiger partial charge in [0.1, 0.15) is 0 Å². The quantitative estimate of drug-likeness (QED) is 0.829. The van der Waals surface area contributed by atoms with Gasteiger partial charge in [0.25, 0.3) is 6.43 Å². The lowest BCUT2D eigenvalue weighted by Crippen LogP contribution is -2.08. The van der Waals surface area contributed by atoms with Crippen molar-refractivity contribution in [3.8, 4) is 6.07 Å². The van der Waals surface area contributed by atoms with Gasteiger partial charge in [-0.1, -0.05) is 0 Å². The summed E-state index contributed by atoms with van der Waals surface area (Å²) in [6.07, 6.45) is -2.76. The Morgan fingerprint density at radius 1 is 1.60 bits per heavy atom. The molecule has 0 aromatic carbocycles. The molecule has 0 saturated heterocycles. The van der Waals surface area contributed by atoms with Gasteiger partial charge in [0.2, 0.25) is 0 Å². The van der Waals surface area contributed by atoms with E-state index in [4.69, 9.17) is 11.0 Å². The number of aryl methyl sites for hydroxylation is 1. The number of pyridine rings is 1. The fraction of sp³-hybridized carbons (Fsp3) is 0.400. The Morgan fingerprint density at radius 3 is 2.73 bits per heavy atom. The molecule has 1 rings (SSSR count). The van der Waals surface area contributed by atoms with Gasteiger partial charge in [-0.15, -0.1) is 0 Å². The van der Waals surface area contributed by atoms with Crippen LogP contribution in [0.3, 0.4) is 0 Å². The zero-order chi connectivity index (χ0) is 11.4. The lowest BCUT2D eigenvalue weighted by molar-refractivity contribution is 0.148. The Hall–Kier alpha value is -1.54. The maximum atomic E-state index is 12.7. The van der Waals surface area contributed by atoms with Crippen LogP contribution < -0.4 is 5.73 Å². The average Bonchev–Trinajstić information content (AvgIpc) is 2.16. The fourth-order valence-corrected chi connectivity index (χ4v) is 1.47. The third-order valence-corrected chi connectivity index (χ3v) is 2.04. The largest absolute Gasteiger partial charge is 0.326 e. The van der Waals surface area contributed by atoms with Gasteiger partial charge in [-0.2, -0.15) is 5.26 Å². The van der Waals surface area contributed by atoms with Crippen LogP contribution in [0.2, 0.25) is 0 Å². The predicted molar refractivity (Wildman–Crippen MR) is 51.1 cm³/mol. The van der Waals surface area contributed by atoms with E-state index in [1.807, 2.05) is 6.07 Å². The Morgan fingerprint density at radius 2 is 2.27 bits per heavy atom. The zero-order valence-corrected chi connectivity index (χ0v) is 8.30. The van der Waals surface area contributed by atoms with Crippen LogP contribution in [0.5, 0.6) is 0 Å². The van der Waals surface area contributed by atoms with E-state index < -0.39 is 6.43 Å². The lowest BCUT2D eigenvalue weighted by atomic mass is 10.0. The second kappa shape index (κ2) is 4.80. The van der Waals surface area contributed by atoms with Crippen molar-refractivity contribution in [3.63, 3.8) is 0 Å². The Bertz CT molecular complexity index is 396. The summed E-state index contributed by atoms with van der Waals surface area (Å²) in [4.78, 5) is 3.93. The molecule has 0 aliphatic heterocycles. The first-order valence-corrected chi connectivity index (χ1v) is 4.44.